The third-order valence-corrected chi connectivity index (χ3v) is 4.60. The van der Waals surface area contributed by atoms with E-state index < -0.39 is 6.10 Å². The predicted octanol–water partition coefficient (Wildman–Crippen LogP) is 2.52. The van der Waals surface area contributed by atoms with Gasteiger partial charge >= 0.3 is 0 Å². The Labute approximate surface area is 164 Å². The SMILES string of the molecule is COc1cccc(CNC(=O)CCN2C(=O)C(C)Oc3ccccc32)c1OC. The van der Waals surface area contributed by atoms with Crippen LogP contribution in [0, 0.1) is 0 Å². The molecular weight excluding hydrogens is 360 g/mol. The van der Waals surface area contributed by atoms with Crippen LogP contribution in [0.4, 0.5) is 5.69 Å². The summed E-state index contributed by atoms with van der Waals surface area (Å²) < 4.78 is 16.3. The molecule has 0 saturated heterocycles. The van der Waals surface area contributed by atoms with Gasteiger partial charge in [0.2, 0.25) is 5.91 Å². The second-order valence-corrected chi connectivity index (χ2v) is 6.40. The number of hydrogen-bond acceptors (Lipinski definition) is 5. The molecule has 0 aromatic heterocycles. The Hall–Kier alpha value is -3.22. The van der Waals surface area contributed by atoms with Crippen molar-refractivity contribution in [2.75, 3.05) is 25.7 Å². The molecule has 28 heavy (non-hydrogen) atoms. The van der Waals surface area contributed by atoms with Gasteiger partial charge in [0.25, 0.3) is 5.91 Å². The molecule has 1 aliphatic rings. The maximum Gasteiger partial charge on any atom is 0.267 e. The lowest BCUT2D eigenvalue weighted by Crippen LogP contribution is -2.45. The average molecular weight is 384 g/mol. The minimum atomic E-state index is -0.570. The van der Waals surface area contributed by atoms with E-state index in [1.54, 1.807) is 32.1 Å². The largest absolute Gasteiger partial charge is 0.493 e. The molecule has 7 nitrogen and oxygen atoms in total. The molecule has 1 heterocycles. The van der Waals surface area contributed by atoms with Crippen LogP contribution in [0.3, 0.4) is 0 Å². The van der Waals surface area contributed by atoms with E-state index in [2.05, 4.69) is 5.32 Å². The first-order valence-corrected chi connectivity index (χ1v) is 9.08. The van der Waals surface area contributed by atoms with Gasteiger partial charge in [0.1, 0.15) is 5.75 Å². The molecule has 0 fully saturated rings. The molecule has 148 valence electrons. The Morgan fingerprint density at radius 2 is 1.93 bits per heavy atom. The Bertz CT molecular complexity index is 868. The normalized spacial score (nSPS) is 15.5. The number of carbonyl (C=O) groups excluding carboxylic acids is 2. The standard InChI is InChI=1S/C21H24N2O5/c1-14-21(25)23(16-8-4-5-9-17(16)28-14)12-11-19(24)22-13-15-7-6-10-18(26-2)20(15)27-3/h4-10,14H,11-13H2,1-3H3,(H,22,24). The summed E-state index contributed by atoms with van der Waals surface area (Å²) >= 11 is 0. The highest BCUT2D eigenvalue weighted by Gasteiger charge is 2.31. The number of amides is 2. The number of benzene rings is 2. The number of nitrogens with one attached hydrogen (secondary N) is 1. The topological polar surface area (TPSA) is 77.1 Å². The van der Waals surface area contributed by atoms with E-state index in [-0.39, 0.29) is 24.8 Å². The predicted molar refractivity (Wildman–Crippen MR) is 105 cm³/mol. The summed E-state index contributed by atoms with van der Waals surface area (Å²) in [5.74, 6) is 1.54. The lowest BCUT2D eigenvalue weighted by atomic mass is 10.1. The van der Waals surface area contributed by atoms with Gasteiger partial charge in [0, 0.05) is 25.1 Å². The number of nitrogens with zero attached hydrogens (tertiary/aromatic N) is 1. The number of hydrogen-bond donors (Lipinski definition) is 1. The van der Waals surface area contributed by atoms with Crippen molar-refractivity contribution in [2.45, 2.75) is 26.0 Å². The van der Waals surface area contributed by atoms with Crippen molar-refractivity contribution in [1.82, 2.24) is 5.32 Å². The lowest BCUT2D eigenvalue weighted by molar-refractivity contribution is -0.125. The second kappa shape index (κ2) is 8.65. The number of anilines is 1. The first kappa shape index (κ1) is 19.5. The van der Waals surface area contributed by atoms with Gasteiger partial charge in [0.05, 0.1) is 19.9 Å². The zero-order valence-corrected chi connectivity index (χ0v) is 16.2. The van der Waals surface area contributed by atoms with Gasteiger partial charge < -0.3 is 24.4 Å². The van der Waals surface area contributed by atoms with Crippen LogP contribution in [-0.4, -0.2) is 38.7 Å². The molecule has 1 aliphatic heterocycles. The van der Waals surface area contributed by atoms with E-state index in [0.29, 0.717) is 29.5 Å². The number of para-hydroxylation sites is 3. The van der Waals surface area contributed by atoms with Crippen molar-refractivity contribution in [2.24, 2.45) is 0 Å². The van der Waals surface area contributed by atoms with Gasteiger partial charge in [-0.1, -0.05) is 24.3 Å². The maximum atomic E-state index is 12.5. The fourth-order valence-electron chi connectivity index (χ4n) is 3.18. The third-order valence-electron chi connectivity index (χ3n) is 4.60. The third kappa shape index (κ3) is 4.03. The van der Waals surface area contributed by atoms with Gasteiger partial charge in [-0.3, -0.25) is 9.59 Å². The molecule has 0 bridgehead atoms. The summed E-state index contributed by atoms with van der Waals surface area (Å²) in [6.45, 7) is 2.30. The van der Waals surface area contributed by atoms with Crippen molar-refractivity contribution in [3.05, 3.63) is 48.0 Å². The van der Waals surface area contributed by atoms with Crippen LogP contribution >= 0.6 is 0 Å². The van der Waals surface area contributed by atoms with Crippen molar-refractivity contribution < 1.29 is 23.8 Å². The molecule has 1 N–H and O–H groups in total. The van der Waals surface area contributed by atoms with Crippen LogP contribution in [-0.2, 0) is 16.1 Å². The molecule has 1 atom stereocenters. The Morgan fingerprint density at radius 1 is 1.14 bits per heavy atom. The van der Waals surface area contributed by atoms with Crippen molar-refractivity contribution in [3.63, 3.8) is 0 Å². The Morgan fingerprint density at radius 3 is 2.68 bits per heavy atom. The number of carbonyl (C=O) groups is 2. The zero-order chi connectivity index (χ0) is 20.1. The van der Waals surface area contributed by atoms with Crippen molar-refractivity contribution >= 4 is 17.5 Å². The number of fused-ring (bicyclic) bond motifs is 1. The highest BCUT2D eigenvalue weighted by Crippen LogP contribution is 2.33. The average Bonchev–Trinajstić information content (AvgIpc) is 2.72. The van der Waals surface area contributed by atoms with Crippen molar-refractivity contribution in [1.29, 1.82) is 0 Å². The fraction of sp³-hybridized carbons (Fsp3) is 0.333. The minimum absolute atomic E-state index is 0.152. The summed E-state index contributed by atoms with van der Waals surface area (Å²) in [4.78, 5) is 26.4. The van der Waals surface area contributed by atoms with E-state index in [0.717, 1.165) is 5.56 Å². The molecule has 2 aromatic rings. The Balaban J connectivity index is 1.62. The zero-order valence-electron chi connectivity index (χ0n) is 16.2. The van der Waals surface area contributed by atoms with E-state index >= 15 is 0 Å². The minimum Gasteiger partial charge on any atom is -0.493 e. The van der Waals surface area contributed by atoms with E-state index in [1.807, 2.05) is 36.4 Å². The monoisotopic (exact) mass is 384 g/mol. The molecule has 7 heteroatoms. The van der Waals surface area contributed by atoms with Gasteiger partial charge in [-0.2, -0.15) is 0 Å². The van der Waals surface area contributed by atoms with Crippen LogP contribution in [0.25, 0.3) is 0 Å². The lowest BCUT2D eigenvalue weighted by Gasteiger charge is -2.32. The molecule has 0 saturated carbocycles. The molecule has 0 aliphatic carbocycles. The van der Waals surface area contributed by atoms with Gasteiger partial charge in [-0.25, -0.2) is 0 Å². The summed E-state index contributed by atoms with van der Waals surface area (Å²) in [5, 5.41) is 2.87. The molecular formula is C21H24N2O5. The molecule has 0 spiro atoms. The van der Waals surface area contributed by atoms with Crippen LogP contribution in [0.1, 0.15) is 18.9 Å². The quantitative estimate of drug-likeness (QED) is 0.794. The second-order valence-electron chi connectivity index (χ2n) is 6.40. The van der Waals surface area contributed by atoms with Crippen LogP contribution in [0.2, 0.25) is 0 Å². The van der Waals surface area contributed by atoms with E-state index in [4.69, 9.17) is 14.2 Å². The summed E-state index contributed by atoms with van der Waals surface area (Å²) in [5.41, 5.74) is 1.50. The van der Waals surface area contributed by atoms with Crippen LogP contribution in [0.15, 0.2) is 42.5 Å². The summed E-state index contributed by atoms with van der Waals surface area (Å²) in [6.07, 6.45) is -0.391. The maximum absolute atomic E-state index is 12.5. The molecule has 2 aromatic carbocycles. The van der Waals surface area contributed by atoms with E-state index in [9.17, 15) is 9.59 Å². The van der Waals surface area contributed by atoms with E-state index in [1.165, 1.54) is 0 Å². The molecule has 0 radical (unpaired) electrons. The fourth-order valence-corrected chi connectivity index (χ4v) is 3.18. The first-order chi connectivity index (χ1) is 13.5. The number of methoxy groups -OCH3 is 2. The molecule has 1 unspecified atom stereocenters. The van der Waals surface area contributed by atoms with Crippen LogP contribution < -0.4 is 24.4 Å². The molecule has 2 amide bonds. The van der Waals surface area contributed by atoms with Crippen molar-refractivity contribution in [3.8, 4) is 17.2 Å². The smallest absolute Gasteiger partial charge is 0.267 e. The van der Waals surface area contributed by atoms with Gasteiger partial charge in [0.15, 0.2) is 17.6 Å². The van der Waals surface area contributed by atoms with Crippen LogP contribution in [0.5, 0.6) is 17.2 Å². The first-order valence-electron chi connectivity index (χ1n) is 9.08. The number of rotatable bonds is 7. The number of ether oxygens (including phenoxy) is 3. The highest BCUT2D eigenvalue weighted by atomic mass is 16.5. The summed E-state index contributed by atoms with van der Waals surface area (Å²) in [6, 6.07) is 12.8. The Kier molecular flexibility index (Phi) is 6.03. The molecule has 3 rings (SSSR count). The van der Waals surface area contributed by atoms with Gasteiger partial charge in [-0.15, -0.1) is 0 Å². The highest BCUT2D eigenvalue weighted by molar-refractivity contribution is 6.00. The summed E-state index contributed by atoms with van der Waals surface area (Å²) in [7, 11) is 3.13. The van der Waals surface area contributed by atoms with Gasteiger partial charge in [-0.05, 0) is 25.1 Å².